The highest BCUT2D eigenvalue weighted by atomic mass is 32.2. The Morgan fingerprint density at radius 1 is 1.33 bits per heavy atom. The number of nitrogens with zero attached hydrogens (tertiary/aromatic N) is 3. The molecule has 1 fully saturated rings. The first-order chi connectivity index (χ1) is 11.1. The minimum atomic E-state index is -4.65. The summed E-state index contributed by atoms with van der Waals surface area (Å²) in [5, 5.41) is 29.0. The van der Waals surface area contributed by atoms with Gasteiger partial charge in [0.1, 0.15) is 40.5 Å². The maximum atomic E-state index is 11.6. The number of aromatic nitrogens is 3. The summed E-state index contributed by atoms with van der Waals surface area (Å²) in [5.74, 6) is 0.0589. The zero-order valence-electron chi connectivity index (χ0n) is 12.4. The molecule has 2 aromatic rings. The Hall–Kier alpha value is -1.83. The van der Waals surface area contributed by atoms with Crippen LogP contribution in [0.4, 0.5) is 5.82 Å². The highest BCUT2D eigenvalue weighted by Crippen LogP contribution is 2.36. The van der Waals surface area contributed by atoms with Crippen molar-refractivity contribution in [1.29, 1.82) is 0 Å². The number of aliphatic hydroxyl groups is 3. The van der Waals surface area contributed by atoms with Gasteiger partial charge in [-0.05, 0) is 6.92 Å². The normalized spacial score (nSPS) is 27.9. The highest BCUT2D eigenvalue weighted by molar-refractivity contribution is 7.86. The molecule has 6 N–H and O–H groups in total. The van der Waals surface area contributed by atoms with Crippen LogP contribution in [0.5, 0.6) is 0 Å². The molecular formula is C12H16N4O7S. The molecule has 1 aliphatic rings. The van der Waals surface area contributed by atoms with Crippen LogP contribution in [0.1, 0.15) is 12.1 Å². The molecule has 0 amide bonds. The third kappa shape index (κ3) is 2.53. The average Bonchev–Trinajstić information content (AvgIpc) is 2.98. The molecule has 12 heteroatoms. The fourth-order valence-corrected chi connectivity index (χ4v) is 3.45. The lowest BCUT2D eigenvalue weighted by molar-refractivity contribution is -0.0510. The molecule has 3 rings (SSSR count). The molecule has 1 aliphatic heterocycles. The first kappa shape index (κ1) is 17.0. The Morgan fingerprint density at radius 2 is 2.00 bits per heavy atom. The van der Waals surface area contributed by atoms with E-state index in [1.54, 1.807) is 0 Å². The summed E-state index contributed by atoms with van der Waals surface area (Å²) in [6.07, 6.45) is -4.14. The van der Waals surface area contributed by atoms with Crippen LogP contribution in [0.3, 0.4) is 0 Å². The van der Waals surface area contributed by atoms with Crippen LogP contribution in [0.25, 0.3) is 11.0 Å². The molecule has 4 atom stereocenters. The lowest BCUT2D eigenvalue weighted by Gasteiger charge is -2.17. The van der Waals surface area contributed by atoms with E-state index in [0.717, 1.165) is 10.8 Å². The molecule has 132 valence electrons. The second kappa shape index (κ2) is 5.61. The number of nitrogens with two attached hydrogens (primary N) is 1. The zero-order valence-corrected chi connectivity index (χ0v) is 13.3. The smallest absolute Gasteiger partial charge is 0.296 e. The minimum absolute atomic E-state index is 0.00228. The summed E-state index contributed by atoms with van der Waals surface area (Å²) >= 11 is 0. The van der Waals surface area contributed by atoms with E-state index in [-0.39, 0.29) is 22.7 Å². The number of aryl methyl sites for hydroxylation is 1. The molecule has 0 saturated carbocycles. The summed E-state index contributed by atoms with van der Waals surface area (Å²) in [6, 6.07) is 0. The molecule has 0 spiro atoms. The second-order valence-corrected chi connectivity index (χ2v) is 6.85. The number of ether oxygens (including phenoxy) is 1. The zero-order chi connectivity index (χ0) is 17.8. The maximum Gasteiger partial charge on any atom is 0.296 e. The van der Waals surface area contributed by atoms with E-state index >= 15 is 0 Å². The number of hydrogen-bond donors (Lipinski definition) is 5. The molecule has 24 heavy (non-hydrogen) atoms. The van der Waals surface area contributed by atoms with Gasteiger partial charge in [0.2, 0.25) is 0 Å². The number of anilines is 1. The average molecular weight is 360 g/mol. The van der Waals surface area contributed by atoms with Crippen molar-refractivity contribution in [2.75, 3.05) is 12.3 Å². The summed E-state index contributed by atoms with van der Waals surface area (Å²) in [6.45, 7) is 0.979. The number of fused-ring (bicyclic) bond motifs is 1. The monoisotopic (exact) mass is 360 g/mol. The maximum absolute atomic E-state index is 11.6. The first-order valence-corrected chi connectivity index (χ1v) is 8.33. The largest absolute Gasteiger partial charge is 0.394 e. The molecule has 3 heterocycles. The van der Waals surface area contributed by atoms with Crippen molar-refractivity contribution in [3.8, 4) is 0 Å². The van der Waals surface area contributed by atoms with Crippen LogP contribution in [0.2, 0.25) is 0 Å². The van der Waals surface area contributed by atoms with Crippen LogP contribution in [0, 0.1) is 6.92 Å². The fraction of sp³-hybridized carbons (Fsp3) is 0.500. The highest BCUT2D eigenvalue weighted by Gasteiger charge is 2.44. The molecule has 2 aromatic heterocycles. The van der Waals surface area contributed by atoms with Crippen LogP contribution >= 0.6 is 0 Å². The standard InChI is InChI=1S/C12H16N4O7S/c1-4-14-10(13)7-6(24(20,21)22)2-16(11(7)15-4)12-9(19)8(18)5(3-17)23-12/h2,5,8-9,12,17-19H,3H2,1H3,(H2,13,14,15)(H,20,21,22)/t5-,8-,9-,12-/m1/s1. The van der Waals surface area contributed by atoms with E-state index in [4.69, 9.17) is 15.6 Å². The van der Waals surface area contributed by atoms with Gasteiger partial charge in [0.15, 0.2) is 6.23 Å². The van der Waals surface area contributed by atoms with E-state index < -0.39 is 46.2 Å². The lowest BCUT2D eigenvalue weighted by atomic mass is 10.1. The molecule has 0 unspecified atom stereocenters. The summed E-state index contributed by atoms with van der Waals surface area (Å²) < 4.78 is 39.1. The van der Waals surface area contributed by atoms with Crippen molar-refractivity contribution in [3.05, 3.63) is 12.0 Å². The number of rotatable bonds is 3. The molecule has 0 aromatic carbocycles. The Kier molecular flexibility index (Phi) is 3.98. The molecule has 1 saturated heterocycles. The van der Waals surface area contributed by atoms with Crippen molar-refractivity contribution in [2.24, 2.45) is 0 Å². The van der Waals surface area contributed by atoms with Gasteiger partial charge < -0.3 is 30.4 Å². The fourth-order valence-electron chi connectivity index (χ4n) is 2.75. The van der Waals surface area contributed by atoms with E-state index in [1.165, 1.54) is 6.92 Å². The molecule has 0 bridgehead atoms. The SMILES string of the molecule is Cc1nc(N)c2c(S(=O)(=O)O)cn([C@@H]3O[C@H](CO)[C@@H](O)[C@H]3O)c2n1. The first-order valence-electron chi connectivity index (χ1n) is 6.89. The minimum Gasteiger partial charge on any atom is -0.394 e. The van der Waals surface area contributed by atoms with Crippen LogP contribution < -0.4 is 5.73 Å². The van der Waals surface area contributed by atoms with Gasteiger partial charge in [-0.25, -0.2) is 9.97 Å². The Morgan fingerprint density at radius 3 is 2.54 bits per heavy atom. The van der Waals surface area contributed by atoms with Crippen LogP contribution in [0.15, 0.2) is 11.1 Å². The van der Waals surface area contributed by atoms with Gasteiger partial charge in [0, 0.05) is 6.20 Å². The van der Waals surface area contributed by atoms with Gasteiger partial charge in [-0.3, -0.25) is 4.55 Å². The van der Waals surface area contributed by atoms with Crippen molar-refractivity contribution < 1.29 is 33.0 Å². The van der Waals surface area contributed by atoms with Crippen molar-refractivity contribution in [2.45, 2.75) is 36.4 Å². The van der Waals surface area contributed by atoms with Crippen molar-refractivity contribution in [3.63, 3.8) is 0 Å². The predicted octanol–water partition coefficient (Wildman–Crippen LogP) is -1.82. The Balaban J connectivity index is 2.26. The third-order valence-corrected chi connectivity index (χ3v) is 4.71. The van der Waals surface area contributed by atoms with Gasteiger partial charge in [-0.2, -0.15) is 8.42 Å². The Labute approximate surface area is 136 Å². The molecular weight excluding hydrogens is 344 g/mol. The molecule has 0 aliphatic carbocycles. The second-order valence-electron chi connectivity index (χ2n) is 5.46. The quantitative estimate of drug-likeness (QED) is 0.391. The number of hydrogen-bond acceptors (Lipinski definition) is 9. The van der Waals surface area contributed by atoms with Gasteiger partial charge in [-0.1, -0.05) is 0 Å². The van der Waals surface area contributed by atoms with Gasteiger partial charge in [0.25, 0.3) is 10.1 Å². The van der Waals surface area contributed by atoms with Crippen LogP contribution in [-0.4, -0.2) is 67.7 Å². The van der Waals surface area contributed by atoms with Crippen molar-refractivity contribution in [1.82, 2.24) is 14.5 Å². The number of aliphatic hydroxyl groups excluding tert-OH is 3. The molecule has 0 radical (unpaired) electrons. The van der Waals surface area contributed by atoms with E-state index in [1.807, 2.05) is 0 Å². The lowest BCUT2D eigenvalue weighted by Crippen LogP contribution is -2.33. The number of nitrogen functional groups attached to an aromatic ring is 1. The predicted molar refractivity (Wildman–Crippen MR) is 79.5 cm³/mol. The molecule has 11 nitrogen and oxygen atoms in total. The van der Waals surface area contributed by atoms with Gasteiger partial charge >= 0.3 is 0 Å². The van der Waals surface area contributed by atoms with E-state index in [9.17, 15) is 23.2 Å². The van der Waals surface area contributed by atoms with Crippen LogP contribution in [-0.2, 0) is 14.9 Å². The van der Waals surface area contributed by atoms with Gasteiger partial charge in [-0.15, -0.1) is 0 Å². The van der Waals surface area contributed by atoms with Crippen molar-refractivity contribution >= 4 is 27.0 Å². The summed E-state index contributed by atoms with van der Waals surface area (Å²) in [5.41, 5.74) is 5.75. The summed E-state index contributed by atoms with van der Waals surface area (Å²) in [4.78, 5) is 7.40. The summed E-state index contributed by atoms with van der Waals surface area (Å²) in [7, 11) is -4.65. The van der Waals surface area contributed by atoms with Gasteiger partial charge in [0.05, 0.1) is 12.0 Å². The Bertz CT molecular complexity index is 896. The topological polar surface area (TPSA) is 181 Å². The van der Waals surface area contributed by atoms with E-state index in [2.05, 4.69) is 9.97 Å². The van der Waals surface area contributed by atoms with E-state index in [0.29, 0.717) is 0 Å². The third-order valence-electron chi connectivity index (χ3n) is 3.85.